The molecule has 4 rings (SSSR count). The molecule has 7 nitrogen and oxygen atoms in total. The minimum absolute atomic E-state index is 0.127. The molecule has 2 heterocycles. The van der Waals surface area contributed by atoms with Gasteiger partial charge in [-0.2, -0.15) is 5.10 Å². The average Bonchev–Trinajstić information content (AvgIpc) is 3.11. The van der Waals surface area contributed by atoms with Crippen LogP contribution in [0.4, 0.5) is 5.69 Å². The van der Waals surface area contributed by atoms with Crippen LogP contribution in [0, 0.1) is 5.92 Å². The standard InChI is InChI=1S/C23H25ClN4O3/c1-15-21(23(30)26-27-13-5-6-17(29)14-27)25-28(20-8-4-3-7-19(20)24)22(15)16-9-11-18(31-2)12-10-16/h3-4,7-12,15,22H,5-6,13-14H2,1-2H3,(H,26,30)/t15-,22+/m1/s1. The maximum Gasteiger partial charge on any atom is 0.282 e. The van der Waals surface area contributed by atoms with Crippen molar-refractivity contribution < 1.29 is 14.3 Å². The van der Waals surface area contributed by atoms with E-state index >= 15 is 0 Å². The van der Waals surface area contributed by atoms with Gasteiger partial charge in [-0.3, -0.25) is 20.0 Å². The fourth-order valence-corrected chi connectivity index (χ4v) is 4.31. The number of ether oxygens (including phenoxy) is 1. The number of benzene rings is 2. The monoisotopic (exact) mass is 440 g/mol. The van der Waals surface area contributed by atoms with Gasteiger partial charge in [-0.15, -0.1) is 0 Å². The lowest BCUT2D eigenvalue weighted by atomic mass is 9.91. The minimum Gasteiger partial charge on any atom is -0.497 e. The number of ketones is 1. The first-order valence-electron chi connectivity index (χ1n) is 10.3. The molecule has 0 spiro atoms. The Morgan fingerprint density at radius 1 is 1.19 bits per heavy atom. The second kappa shape index (κ2) is 9.08. The Kier molecular flexibility index (Phi) is 6.25. The molecule has 0 saturated carbocycles. The number of halogens is 1. The molecular formula is C23H25ClN4O3. The van der Waals surface area contributed by atoms with Gasteiger partial charge in [0.2, 0.25) is 0 Å². The summed E-state index contributed by atoms with van der Waals surface area (Å²) in [6.07, 6.45) is 1.30. The lowest BCUT2D eigenvalue weighted by Gasteiger charge is -2.28. The maximum atomic E-state index is 13.1. The second-order valence-electron chi connectivity index (χ2n) is 7.79. The van der Waals surface area contributed by atoms with Crippen LogP contribution in [0.3, 0.4) is 0 Å². The summed E-state index contributed by atoms with van der Waals surface area (Å²) in [7, 11) is 1.63. The minimum atomic E-state index is -0.296. The van der Waals surface area contributed by atoms with Crippen LogP contribution in [-0.2, 0) is 9.59 Å². The van der Waals surface area contributed by atoms with Crippen molar-refractivity contribution in [1.29, 1.82) is 0 Å². The molecule has 2 aliphatic rings. The number of Topliss-reactive ketones (excluding diaryl/α,β-unsaturated/α-hetero) is 1. The molecule has 31 heavy (non-hydrogen) atoms. The molecule has 0 aliphatic carbocycles. The summed E-state index contributed by atoms with van der Waals surface area (Å²) in [6.45, 7) is 2.85. The van der Waals surface area contributed by atoms with Gasteiger partial charge in [0.15, 0.2) is 0 Å². The van der Waals surface area contributed by atoms with Gasteiger partial charge < -0.3 is 4.74 Å². The number of piperidine rings is 1. The molecular weight excluding hydrogens is 416 g/mol. The van der Waals surface area contributed by atoms with E-state index in [9.17, 15) is 9.59 Å². The largest absolute Gasteiger partial charge is 0.497 e. The molecule has 1 amide bonds. The van der Waals surface area contributed by atoms with Crippen LogP contribution in [0.2, 0.25) is 5.02 Å². The molecule has 1 saturated heterocycles. The number of hydrogen-bond donors (Lipinski definition) is 1. The Labute approximate surface area is 186 Å². The number of amides is 1. The molecule has 0 bridgehead atoms. The van der Waals surface area contributed by atoms with Crippen molar-refractivity contribution in [2.45, 2.75) is 25.8 Å². The topological polar surface area (TPSA) is 74.2 Å². The molecule has 8 heteroatoms. The van der Waals surface area contributed by atoms with Gasteiger partial charge >= 0.3 is 0 Å². The Bertz CT molecular complexity index is 1010. The van der Waals surface area contributed by atoms with Crippen molar-refractivity contribution in [3.8, 4) is 5.75 Å². The van der Waals surface area contributed by atoms with Gasteiger partial charge in [0.25, 0.3) is 5.91 Å². The Balaban J connectivity index is 1.65. The van der Waals surface area contributed by atoms with Gasteiger partial charge in [-0.25, -0.2) is 5.01 Å². The highest BCUT2D eigenvalue weighted by molar-refractivity contribution is 6.40. The number of hydrogen-bond acceptors (Lipinski definition) is 6. The molecule has 0 unspecified atom stereocenters. The summed E-state index contributed by atoms with van der Waals surface area (Å²) in [5, 5.41) is 8.73. The number of para-hydroxylation sites is 1. The smallest absolute Gasteiger partial charge is 0.282 e. The van der Waals surface area contributed by atoms with Crippen molar-refractivity contribution in [1.82, 2.24) is 10.4 Å². The molecule has 2 atom stereocenters. The normalized spacial score (nSPS) is 21.7. The average molecular weight is 441 g/mol. The highest BCUT2D eigenvalue weighted by Crippen LogP contribution is 2.41. The van der Waals surface area contributed by atoms with Crippen LogP contribution in [0.15, 0.2) is 53.6 Å². The summed E-state index contributed by atoms with van der Waals surface area (Å²) in [5.41, 5.74) is 4.99. The lowest BCUT2D eigenvalue weighted by Crippen LogP contribution is -2.50. The number of anilines is 1. The van der Waals surface area contributed by atoms with E-state index in [2.05, 4.69) is 5.43 Å². The number of nitrogens with one attached hydrogen (secondary N) is 1. The zero-order valence-electron chi connectivity index (χ0n) is 17.5. The van der Waals surface area contributed by atoms with Crippen LogP contribution >= 0.6 is 11.6 Å². The SMILES string of the molecule is COc1ccc([C@@H]2[C@H](C)C(C(=O)NN3CCCC(=O)C3)=NN2c2ccccc2Cl)cc1. The van der Waals surface area contributed by atoms with E-state index in [0.717, 1.165) is 23.4 Å². The zero-order chi connectivity index (χ0) is 22.0. The molecule has 0 radical (unpaired) electrons. The fraction of sp³-hybridized carbons (Fsp3) is 0.348. The third-order valence-electron chi connectivity index (χ3n) is 5.68. The quantitative estimate of drug-likeness (QED) is 0.769. The third kappa shape index (κ3) is 4.43. The molecule has 1 fully saturated rings. The van der Waals surface area contributed by atoms with E-state index in [-0.39, 0.29) is 30.2 Å². The van der Waals surface area contributed by atoms with E-state index in [1.54, 1.807) is 18.2 Å². The second-order valence-corrected chi connectivity index (χ2v) is 8.20. The van der Waals surface area contributed by atoms with E-state index in [1.165, 1.54) is 0 Å². The van der Waals surface area contributed by atoms with Crippen LogP contribution < -0.4 is 15.2 Å². The molecule has 2 aliphatic heterocycles. The summed E-state index contributed by atoms with van der Waals surface area (Å²) >= 11 is 6.47. The van der Waals surface area contributed by atoms with E-state index in [0.29, 0.717) is 23.7 Å². The Morgan fingerprint density at radius 2 is 1.94 bits per heavy atom. The third-order valence-corrected chi connectivity index (χ3v) is 6.00. The zero-order valence-corrected chi connectivity index (χ0v) is 18.3. The van der Waals surface area contributed by atoms with Gasteiger partial charge in [-0.05, 0) is 36.2 Å². The molecule has 2 aromatic rings. The summed E-state index contributed by atoms with van der Waals surface area (Å²) in [5.74, 6) is 0.384. The van der Waals surface area contributed by atoms with E-state index in [4.69, 9.17) is 21.4 Å². The molecule has 1 N–H and O–H groups in total. The van der Waals surface area contributed by atoms with Crippen LogP contribution in [0.25, 0.3) is 0 Å². The lowest BCUT2D eigenvalue weighted by molar-refractivity contribution is -0.126. The molecule has 2 aromatic carbocycles. The first-order valence-corrected chi connectivity index (χ1v) is 10.7. The Morgan fingerprint density at radius 3 is 2.61 bits per heavy atom. The number of carbonyl (C=O) groups is 2. The summed E-state index contributed by atoms with van der Waals surface area (Å²) in [6, 6.07) is 15.0. The predicted molar refractivity (Wildman–Crippen MR) is 120 cm³/mol. The molecule has 0 aromatic heterocycles. The van der Waals surface area contributed by atoms with Crippen molar-refractivity contribution in [2.24, 2.45) is 11.0 Å². The number of rotatable bonds is 5. The van der Waals surface area contributed by atoms with E-state index < -0.39 is 0 Å². The van der Waals surface area contributed by atoms with Crippen molar-refractivity contribution in [3.63, 3.8) is 0 Å². The van der Waals surface area contributed by atoms with Crippen LogP contribution in [-0.4, -0.2) is 42.6 Å². The number of methoxy groups -OCH3 is 1. The van der Waals surface area contributed by atoms with Crippen molar-refractivity contribution in [3.05, 3.63) is 59.1 Å². The predicted octanol–water partition coefficient (Wildman–Crippen LogP) is 3.60. The van der Waals surface area contributed by atoms with Gasteiger partial charge in [0, 0.05) is 18.9 Å². The first-order chi connectivity index (χ1) is 15.0. The highest BCUT2D eigenvalue weighted by atomic mass is 35.5. The number of hydrazone groups is 1. The fourth-order valence-electron chi connectivity index (χ4n) is 4.09. The first kappa shape index (κ1) is 21.3. The number of nitrogens with zero attached hydrogens (tertiary/aromatic N) is 3. The Hall–Kier alpha value is -2.90. The maximum absolute atomic E-state index is 13.1. The number of carbonyl (C=O) groups excluding carboxylic acids is 2. The molecule has 162 valence electrons. The number of hydrazine groups is 1. The van der Waals surface area contributed by atoms with E-state index in [1.807, 2.05) is 54.4 Å². The van der Waals surface area contributed by atoms with Gasteiger partial charge in [0.1, 0.15) is 17.2 Å². The van der Waals surface area contributed by atoms with Crippen molar-refractivity contribution in [2.75, 3.05) is 25.2 Å². The van der Waals surface area contributed by atoms with Crippen LogP contribution in [0.1, 0.15) is 31.4 Å². The highest BCUT2D eigenvalue weighted by Gasteiger charge is 2.40. The van der Waals surface area contributed by atoms with Crippen molar-refractivity contribution >= 4 is 34.7 Å². The summed E-state index contributed by atoms with van der Waals surface area (Å²) in [4.78, 5) is 24.8. The summed E-state index contributed by atoms with van der Waals surface area (Å²) < 4.78 is 5.28. The van der Waals surface area contributed by atoms with Gasteiger partial charge in [-0.1, -0.05) is 42.8 Å². The van der Waals surface area contributed by atoms with Gasteiger partial charge in [0.05, 0.1) is 30.4 Å². The van der Waals surface area contributed by atoms with Crippen LogP contribution in [0.5, 0.6) is 5.75 Å².